The third-order valence-corrected chi connectivity index (χ3v) is 6.38. The molecular weight excluding hydrogens is 370 g/mol. The highest BCUT2D eigenvalue weighted by Gasteiger charge is 2.35. The highest BCUT2D eigenvalue weighted by Crippen LogP contribution is 2.24. The lowest BCUT2D eigenvalue weighted by atomic mass is 9.97. The van der Waals surface area contributed by atoms with Gasteiger partial charge in [-0.25, -0.2) is 12.7 Å². The standard InChI is InChI=1S/C17H27N5O4S/c1-20(2)15-10-18-11-16(19-15)26-14-6-7-21(12-14)17(23)13-4-8-22(9-5-13)27(3,24)25/h10-11,13-14H,4-9,12H2,1-3H3/t14-/m1/s1. The van der Waals surface area contributed by atoms with E-state index in [1.54, 1.807) is 12.4 Å². The van der Waals surface area contributed by atoms with E-state index in [0.29, 0.717) is 44.9 Å². The van der Waals surface area contributed by atoms with Gasteiger partial charge >= 0.3 is 0 Å². The Hall–Kier alpha value is -1.94. The summed E-state index contributed by atoms with van der Waals surface area (Å²) in [5.41, 5.74) is 0. The van der Waals surface area contributed by atoms with Gasteiger partial charge in [-0.3, -0.25) is 9.78 Å². The normalized spacial score (nSPS) is 22.0. The van der Waals surface area contributed by atoms with Crippen molar-refractivity contribution in [3.05, 3.63) is 12.4 Å². The molecule has 1 aromatic rings. The van der Waals surface area contributed by atoms with Gasteiger partial charge in [-0.05, 0) is 12.8 Å². The number of amides is 1. The molecule has 0 unspecified atom stereocenters. The first-order chi connectivity index (χ1) is 12.7. The molecule has 27 heavy (non-hydrogen) atoms. The fraction of sp³-hybridized carbons (Fsp3) is 0.706. The van der Waals surface area contributed by atoms with Crippen LogP contribution in [0.4, 0.5) is 5.82 Å². The number of aromatic nitrogens is 2. The molecule has 3 heterocycles. The summed E-state index contributed by atoms with van der Waals surface area (Å²) in [4.78, 5) is 25.0. The van der Waals surface area contributed by atoms with Gasteiger partial charge in [0.25, 0.3) is 0 Å². The van der Waals surface area contributed by atoms with Crippen LogP contribution in [0.2, 0.25) is 0 Å². The third-order valence-electron chi connectivity index (χ3n) is 5.07. The van der Waals surface area contributed by atoms with Crippen molar-refractivity contribution >= 4 is 21.7 Å². The van der Waals surface area contributed by atoms with E-state index in [1.165, 1.54) is 10.6 Å². The smallest absolute Gasteiger partial charge is 0.234 e. The van der Waals surface area contributed by atoms with E-state index in [4.69, 9.17) is 4.74 Å². The molecule has 2 fully saturated rings. The molecule has 150 valence electrons. The zero-order valence-electron chi connectivity index (χ0n) is 16.0. The first-order valence-corrected chi connectivity index (χ1v) is 11.0. The van der Waals surface area contributed by atoms with Crippen LogP contribution in [0.3, 0.4) is 0 Å². The third kappa shape index (κ3) is 4.86. The number of ether oxygens (including phenoxy) is 1. The second-order valence-corrected chi connectivity index (χ2v) is 9.34. The molecule has 2 aliphatic heterocycles. The Balaban J connectivity index is 1.52. The van der Waals surface area contributed by atoms with Gasteiger partial charge < -0.3 is 14.5 Å². The summed E-state index contributed by atoms with van der Waals surface area (Å²) < 4.78 is 30.6. The first-order valence-electron chi connectivity index (χ1n) is 9.14. The Bertz CT molecular complexity index is 777. The van der Waals surface area contributed by atoms with Gasteiger partial charge in [-0.1, -0.05) is 0 Å². The largest absolute Gasteiger partial charge is 0.471 e. The van der Waals surface area contributed by atoms with Crippen LogP contribution in [0.25, 0.3) is 0 Å². The second kappa shape index (κ2) is 7.97. The van der Waals surface area contributed by atoms with E-state index in [9.17, 15) is 13.2 Å². The average Bonchev–Trinajstić information content (AvgIpc) is 3.09. The SMILES string of the molecule is CN(C)c1cncc(O[C@@H]2CCN(C(=O)C3CCN(S(C)(=O)=O)CC3)C2)n1. The summed E-state index contributed by atoms with van der Waals surface area (Å²) >= 11 is 0. The van der Waals surface area contributed by atoms with E-state index in [1.807, 2.05) is 23.9 Å². The van der Waals surface area contributed by atoms with Crippen LogP contribution >= 0.6 is 0 Å². The van der Waals surface area contributed by atoms with Crippen molar-refractivity contribution < 1.29 is 17.9 Å². The second-order valence-electron chi connectivity index (χ2n) is 7.36. The van der Waals surface area contributed by atoms with Gasteiger partial charge in [0, 0.05) is 46.1 Å². The maximum Gasteiger partial charge on any atom is 0.234 e. The van der Waals surface area contributed by atoms with Gasteiger partial charge in [0.15, 0.2) is 5.82 Å². The summed E-state index contributed by atoms with van der Waals surface area (Å²) in [6.45, 7) is 2.00. The molecule has 0 aromatic carbocycles. The first kappa shape index (κ1) is 19.8. The number of anilines is 1. The van der Waals surface area contributed by atoms with Crippen LogP contribution in [0, 0.1) is 5.92 Å². The van der Waals surface area contributed by atoms with Crippen molar-refractivity contribution in [3.8, 4) is 5.88 Å². The minimum atomic E-state index is -3.18. The Labute approximate surface area is 160 Å². The van der Waals surface area contributed by atoms with Crippen molar-refractivity contribution in [3.63, 3.8) is 0 Å². The van der Waals surface area contributed by atoms with Gasteiger partial charge in [0.1, 0.15) is 6.10 Å². The quantitative estimate of drug-likeness (QED) is 0.700. The van der Waals surface area contributed by atoms with E-state index >= 15 is 0 Å². The topological polar surface area (TPSA) is 95.9 Å². The Morgan fingerprint density at radius 3 is 2.52 bits per heavy atom. The average molecular weight is 398 g/mol. The van der Waals surface area contributed by atoms with Crippen LogP contribution in [-0.4, -0.2) is 86.1 Å². The van der Waals surface area contributed by atoms with Gasteiger partial charge in [-0.2, -0.15) is 4.98 Å². The molecule has 2 aliphatic rings. The molecule has 0 spiro atoms. The van der Waals surface area contributed by atoms with E-state index in [-0.39, 0.29) is 17.9 Å². The molecule has 2 saturated heterocycles. The van der Waals surface area contributed by atoms with Gasteiger partial charge in [0.2, 0.25) is 21.8 Å². The number of likely N-dealkylation sites (tertiary alicyclic amines) is 1. The Morgan fingerprint density at radius 1 is 1.19 bits per heavy atom. The molecule has 0 bridgehead atoms. The number of piperidine rings is 1. The van der Waals surface area contributed by atoms with Crippen LogP contribution in [0.15, 0.2) is 12.4 Å². The van der Waals surface area contributed by atoms with E-state index < -0.39 is 10.0 Å². The summed E-state index contributed by atoms with van der Waals surface area (Å²) in [5, 5.41) is 0. The molecule has 9 nitrogen and oxygen atoms in total. The number of hydrogen-bond acceptors (Lipinski definition) is 7. The van der Waals surface area contributed by atoms with Crippen LogP contribution in [0.5, 0.6) is 5.88 Å². The van der Waals surface area contributed by atoms with Gasteiger partial charge in [0.05, 0.1) is 25.2 Å². The number of carbonyl (C=O) groups is 1. The molecule has 1 aromatic heterocycles. The summed E-state index contributed by atoms with van der Waals surface area (Å²) in [6, 6.07) is 0. The molecule has 0 radical (unpaired) electrons. The van der Waals surface area contributed by atoms with Crippen LogP contribution in [0.1, 0.15) is 19.3 Å². The fourth-order valence-electron chi connectivity index (χ4n) is 3.50. The maximum absolute atomic E-state index is 12.8. The zero-order chi connectivity index (χ0) is 19.6. The highest BCUT2D eigenvalue weighted by atomic mass is 32.2. The summed E-state index contributed by atoms with van der Waals surface area (Å²) in [7, 11) is 0.600. The van der Waals surface area contributed by atoms with Crippen molar-refractivity contribution in [2.75, 3.05) is 51.4 Å². The monoisotopic (exact) mass is 397 g/mol. The molecule has 1 amide bonds. The lowest BCUT2D eigenvalue weighted by Gasteiger charge is -2.31. The summed E-state index contributed by atoms with van der Waals surface area (Å²) in [6.07, 6.45) is 6.26. The number of carbonyl (C=O) groups excluding carboxylic acids is 1. The van der Waals surface area contributed by atoms with Crippen LogP contribution in [-0.2, 0) is 14.8 Å². The number of hydrogen-bond donors (Lipinski definition) is 0. The number of sulfonamides is 1. The van der Waals surface area contributed by atoms with Crippen molar-refractivity contribution in [1.82, 2.24) is 19.2 Å². The number of rotatable bonds is 5. The molecule has 0 N–H and O–H groups in total. The molecule has 10 heteroatoms. The minimum Gasteiger partial charge on any atom is -0.471 e. The zero-order valence-corrected chi connectivity index (χ0v) is 16.9. The Morgan fingerprint density at radius 2 is 1.89 bits per heavy atom. The fourth-order valence-corrected chi connectivity index (χ4v) is 4.37. The number of nitrogens with zero attached hydrogens (tertiary/aromatic N) is 5. The summed E-state index contributed by atoms with van der Waals surface area (Å²) in [5.74, 6) is 1.17. The van der Waals surface area contributed by atoms with E-state index in [0.717, 1.165) is 12.2 Å². The molecular formula is C17H27N5O4S. The van der Waals surface area contributed by atoms with Gasteiger partial charge in [-0.15, -0.1) is 0 Å². The predicted molar refractivity (Wildman–Crippen MR) is 101 cm³/mol. The Kier molecular flexibility index (Phi) is 5.85. The van der Waals surface area contributed by atoms with Crippen molar-refractivity contribution in [2.24, 2.45) is 5.92 Å². The minimum absolute atomic E-state index is 0.0994. The predicted octanol–water partition coefficient (Wildman–Crippen LogP) is 0.194. The maximum atomic E-state index is 12.8. The van der Waals surface area contributed by atoms with E-state index in [2.05, 4.69) is 9.97 Å². The highest BCUT2D eigenvalue weighted by molar-refractivity contribution is 7.88. The van der Waals surface area contributed by atoms with Crippen molar-refractivity contribution in [2.45, 2.75) is 25.4 Å². The lowest BCUT2D eigenvalue weighted by molar-refractivity contribution is -0.135. The van der Waals surface area contributed by atoms with Crippen molar-refractivity contribution in [1.29, 1.82) is 0 Å². The lowest BCUT2D eigenvalue weighted by Crippen LogP contribution is -2.43. The molecule has 1 atom stereocenters. The molecule has 0 saturated carbocycles. The molecule has 0 aliphatic carbocycles. The van der Waals surface area contributed by atoms with Crippen LogP contribution < -0.4 is 9.64 Å². The molecule has 3 rings (SSSR count).